The molecule has 0 N–H and O–H groups in total. The number of alkyl halides is 3. The Hall–Kier alpha value is -2.62. The topological polar surface area (TPSA) is 69.7 Å². The van der Waals surface area contributed by atoms with E-state index >= 15 is 0 Å². The van der Waals surface area contributed by atoms with Crippen molar-refractivity contribution in [1.82, 2.24) is 0 Å². The first-order valence-electron chi connectivity index (χ1n) is 6.54. The highest BCUT2D eigenvalue weighted by Gasteiger charge is 2.33. The number of esters is 1. The van der Waals surface area contributed by atoms with E-state index in [2.05, 4.69) is 8.92 Å². The van der Waals surface area contributed by atoms with Crippen LogP contribution in [0.25, 0.3) is 0 Å². The first-order chi connectivity index (χ1) is 11.5. The first kappa shape index (κ1) is 18.7. The summed E-state index contributed by atoms with van der Waals surface area (Å²) >= 11 is 0. The van der Waals surface area contributed by atoms with Gasteiger partial charge in [-0.3, -0.25) is 0 Å². The van der Waals surface area contributed by atoms with Crippen molar-refractivity contribution in [3.8, 4) is 5.75 Å². The van der Waals surface area contributed by atoms with Crippen LogP contribution in [0.2, 0.25) is 0 Å². The van der Waals surface area contributed by atoms with Gasteiger partial charge in [-0.05, 0) is 36.4 Å². The van der Waals surface area contributed by atoms with Gasteiger partial charge in [0.1, 0.15) is 16.5 Å². The van der Waals surface area contributed by atoms with Crippen molar-refractivity contribution < 1.29 is 39.7 Å². The van der Waals surface area contributed by atoms with E-state index in [1.807, 2.05) is 0 Å². The van der Waals surface area contributed by atoms with Crippen molar-refractivity contribution in [3.63, 3.8) is 0 Å². The molecule has 0 atom stereocenters. The molecule has 2 rings (SSSR count). The van der Waals surface area contributed by atoms with Crippen LogP contribution in [0.4, 0.5) is 17.6 Å². The Morgan fingerprint density at radius 2 is 1.76 bits per heavy atom. The van der Waals surface area contributed by atoms with Crippen molar-refractivity contribution in [1.29, 1.82) is 0 Å². The Morgan fingerprint density at radius 3 is 2.36 bits per heavy atom. The molecule has 0 spiro atoms. The lowest BCUT2D eigenvalue weighted by Gasteiger charge is -2.11. The predicted molar refractivity (Wildman–Crippen MR) is 77.0 cm³/mol. The highest BCUT2D eigenvalue weighted by atomic mass is 32.2. The number of hydrogen-bond donors (Lipinski definition) is 0. The van der Waals surface area contributed by atoms with E-state index < -0.39 is 38.5 Å². The molecule has 10 heteroatoms. The molecule has 0 amide bonds. The van der Waals surface area contributed by atoms with E-state index in [0.29, 0.717) is 12.1 Å². The summed E-state index contributed by atoms with van der Waals surface area (Å²) in [4.78, 5) is 10.1. The van der Waals surface area contributed by atoms with Gasteiger partial charge in [-0.1, -0.05) is 6.07 Å². The predicted octanol–water partition coefficient (Wildman–Crippen LogP) is 3.40. The SMILES string of the molecule is COC(=O)c1cccc(OS(=O)(=O)c2cc(C(F)(F)F)ccc2F)c1. The maximum Gasteiger partial charge on any atom is 0.416 e. The van der Waals surface area contributed by atoms with Crippen molar-refractivity contribution in [2.24, 2.45) is 0 Å². The minimum absolute atomic E-state index is 0.0558. The summed E-state index contributed by atoms with van der Waals surface area (Å²) in [7, 11) is -3.80. The van der Waals surface area contributed by atoms with E-state index in [0.717, 1.165) is 19.2 Å². The average molecular weight is 378 g/mol. The largest absolute Gasteiger partial charge is 0.465 e. The highest BCUT2D eigenvalue weighted by molar-refractivity contribution is 7.87. The monoisotopic (exact) mass is 378 g/mol. The van der Waals surface area contributed by atoms with Gasteiger partial charge in [-0.25, -0.2) is 9.18 Å². The number of carbonyl (C=O) groups is 1. The van der Waals surface area contributed by atoms with E-state index in [1.165, 1.54) is 12.1 Å². The second-order valence-electron chi connectivity index (χ2n) is 4.70. The van der Waals surface area contributed by atoms with Gasteiger partial charge < -0.3 is 8.92 Å². The van der Waals surface area contributed by atoms with Crippen molar-refractivity contribution in [2.75, 3.05) is 7.11 Å². The maximum atomic E-state index is 13.7. The Kier molecular flexibility index (Phi) is 5.02. The molecular formula is C15H10F4O5S. The second kappa shape index (κ2) is 6.71. The third-order valence-corrected chi connectivity index (χ3v) is 4.25. The second-order valence-corrected chi connectivity index (χ2v) is 6.21. The lowest BCUT2D eigenvalue weighted by Crippen LogP contribution is -2.14. The normalized spacial score (nSPS) is 11.9. The van der Waals surface area contributed by atoms with Crippen LogP contribution in [-0.2, 0) is 21.0 Å². The average Bonchev–Trinajstić information content (AvgIpc) is 2.53. The Morgan fingerprint density at radius 1 is 1.08 bits per heavy atom. The molecule has 25 heavy (non-hydrogen) atoms. The summed E-state index contributed by atoms with van der Waals surface area (Å²) in [6.07, 6.45) is -4.86. The van der Waals surface area contributed by atoms with E-state index in [1.54, 1.807) is 0 Å². The van der Waals surface area contributed by atoms with E-state index in [-0.39, 0.29) is 17.4 Å². The molecule has 0 aliphatic carbocycles. The van der Waals surface area contributed by atoms with Gasteiger partial charge in [0.15, 0.2) is 0 Å². The fourth-order valence-corrected chi connectivity index (χ4v) is 2.86. The van der Waals surface area contributed by atoms with Crippen LogP contribution >= 0.6 is 0 Å². The zero-order valence-corrected chi connectivity index (χ0v) is 13.3. The third-order valence-electron chi connectivity index (χ3n) is 2.99. The minimum Gasteiger partial charge on any atom is -0.465 e. The molecule has 2 aromatic carbocycles. The van der Waals surface area contributed by atoms with Crippen LogP contribution in [0.5, 0.6) is 5.75 Å². The molecule has 0 aliphatic heterocycles. The van der Waals surface area contributed by atoms with Crippen molar-refractivity contribution in [2.45, 2.75) is 11.1 Å². The molecule has 2 aromatic rings. The Bertz CT molecular complexity index is 906. The number of rotatable bonds is 4. The van der Waals surface area contributed by atoms with Gasteiger partial charge in [0.25, 0.3) is 0 Å². The molecule has 0 aromatic heterocycles. The lowest BCUT2D eigenvalue weighted by molar-refractivity contribution is -0.137. The van der Waals surface area contributed by atoms with Gasteiger partial charge in [-0.2, -0.15) is 21.6 Å². The first-order valence-corrected chi connectivity index (χ1v) is 7.95. The third kappa shape index (κ3) is 4.27. The number of benzene rings is 2. The van der Waals surface area contributed by atoms with Crippen LogP contribution in [0.1, 0.15) is 15.9 Å². The smallest absolute Gasteiger partial charge is 0.416 e. The molecule has 0 bridgehead atoms. The van der Waals surface area contributed by atoms with Gasteiger partial charge in [0, 0.05) is 0 Å². The summed E-state index contributed by atoms with van der Waals surface area (Å²) in [6.45, 7) is 0. The van der Waals surface area contributed by atoms with Gasteiger partial charge >= 0.3 is 22.3 Å². The van der Waals surface area contributed by atoms with Crippen LogP contribution in [0, 0.1) is 5.82 Å². The molecule has 0 unspecified atom stereocenters. The van der Waals surface area contributed by atoms with Crippen LogP contribution in [0.15, 0.2) is 47.4 Å². The molecule has 0 saturated carbocycles. The molecule has 0 heterocycles. The molecular weight excluding hydrogens is 368 g/mol. The quantitative estimate of drug-likeness (QED) is 0.463. The number of halogens is 4. The van der Waals surface area contributed by atoms with Crippen LogP contribution in [0.3, 0.4) is 0 Å². The van der Waals surface area contributed by atoms with Crippen molar-refractivity contribution in [3.05, 3.63) is 59.4 Å². The van der Waals surface area contributed by atoms with Gasteiger partial charge in [-0.15, -0.1) is 0 Å². The fourth-order valence-electron chi connectivity index (χ4n) is 1.84. The van der Waals surface area contributed by atoms with Gasteiger partial charge in [0.2, 0.25) is 0 Å². The number of methoxy groups -OCH3 is 1. The number of carbonyl (C=O) groups excluding carboxylic acids is 1. The zero-order valence-electron chi connectivity index (χ0n) is 12.5. The van der Waals surface area contributed by atoms with E-state index in [4.69, 9.17) is 0 Å². The summed E-state index contributed by atoms with van der Waals surface area (Å²) in [6, 6.07) is 5.62. The molecule has 0 aliphatic rings. The Labute approximate surface area is 139 Å². The Balaban J connectivity index is 2.42. The minimum atomic E-state index is -4.90. The summed E-state index contributed by atoms with van der Waals surface area (Å²) < 4.78 is 85.1. The molecule has 134 valence electrons. The fraction of sp³-hybridized carbons (Fsp3) is 0.133. The number of hydrogen-bond acceptors (Lipinski definition) is 5. The highest BCUT2D eigenvalue weighted by Crippen LogP contribution is 2.32. The molecule has 0 fully saturated rings. The van der Waals surface area contributed by atoms with E-state index in [9.17, 15) is 30.8 Å². The molecule has 0 saturated heterocycles. The van der Waals surface area contributed by atoms with Crippen LogP contribution in [-0.4, -0.2) is 21.5 Å². The summed E-state index contributed by atoms with van der Waals surface area (Å²) in [5.74, 6) is -2.58. The number of ether oxygens (including phenoxy) is 1. The zero-order chi connectivity index (χ0) is 18.8. The standard InChI is InChI=1S/C15H10F4O5S/c1-23-14(20)9-3-2-4-11(7-9)24-25(21,22)13-8-10(15(17,18)19)5-6-12(13)16/h2-8H,1H3. The van der Waals surface area contributed by atoms with Crippen molar-refractivity contribution >= 4 is 16.1 Å². The lowest BCUT2D eigenvalue weighted by atomic mass is 10.2. The summed E-state index contributed by atoms with van der Waals surface area (Å²) in [5, 5.41) is 0. The summed E-state index contributed by atoms with van der Waals surface area (Å²) in [5.41, 5.74) is -1.40. The molecule has 5 nitrogen and oxygen atoms in total. The van der Waals surface area contributed by atoms with Crippen LogP contribution < -0.4 is 4.18 Å². The maximum absolute atomic E-state index is 13.7. The molecule has 0 radical (unpaired) electrons. The van der Waals surface area contributed by atoms with Gasteiger partial charge in [0.05, 0.1) is 18.2 Å².